The lowest BCUT2D eigenvalue weighted by Gasteiger charge is -2.35. The van der Waals surface area contributed by atoms with Gasteiger partial charge in [0.2, 0.25) is 5.91 Å². The van der Waals surface area contributed by atoms with E-state index >= 15 is 0 Å². The van der Waals surface area contributed by atoms with Gasteiger partial charge in [-0.05, 0) is 45.5 Å². The summed E-state index contributed by atoms with van der Waals surface area (Å²) < 4.78 is 6.17. The molecule has 2 aromatic carbocycles. The summed E-state index contributed by atoms with van der Waals surface area (Å²) in [5.41, 5.74) is 3.56. The number of aryl methyl sites for hydroxylation is 1. The number of amides is 1. The number of para-hydroxylation sites is 1. The summed E-state index contributed by atoms with van der Waals surface area (Å²) in [7, 11) is 4.23. The highest BCUT2D eigenvalue weighted by molar-refractivity contribution is 5.79. The highest BCUT2D eigenvalue weighted by Crippen LogP contribution is 2.27. The number of hydrogen-bond acceptors (Lipinski definition) is 4. The lowest BCUT2D eigenvalue weighted by atomic mass is 10.1. The molecule has 1 amide bonds. The van der Waals surface area contributed by atoms with Crippen molar-refractivity contribution in [2.24, 2.45) is 0 Å². The topological polar surface area (TPSA) is 36.0 Å². The van der Waals surface area contributed by atoms with Gasteiger partial charge in [0.05, 0.1) is 12.5 Å². The van der Waals surface area contributed by atoms with Gasteiger partial charge >= 0.3 is 0 Å². The van der Waals surface area contributed by atoms with Gasteiger partial charge < -0.3 is 14.5 Å². The van der Waals surface area contributed by atoms with Crippen LogP contribution in [0.25, 0.3) is 0 Å². The van der Waals surface area contributed by atoms with E-state index in [-0.39, 0.29) is 11.9 Å². The van der Waals surface area contributed by atoms with Crippen molar-refractivity contribution in [2.75, 3.05) is 40.3 Å². The zero-order chi connectivity index (χ0) is 21.8. The zero-order valence-corrected chi connectivity index (χ0v) is 19.1. The number of rotatable bonds is 6. The van der Waals surface area contributed by atoms with Crippen LogP contribution in [0.2, 0.25) is 0 Å². The SMILES string of the molecule is Cc1ccc(CC(=O)N2CCC[C@H]2CN2Cc3ccccc3OC[C@H]2CN(C)C)cc1. The number of carbonyl (C=O) groups is 1. The number of hydrogen-bond donors (Lipinski definition) is 0. The van der Waals surface area contributed by atoms with Gasteiger partial charge in [0.15, 0.2) is 0 Å². The molecular weight excluding hydrogens is 386 g/mol. The number of fused-ring (bicyclic) bond motifs is 1. The molecule has 1 fully saturated rings. The Hall–Kier alpha value is -2.37. The molecule has 0 N–H and O–H groups in total. The van der Waals surface area contributed by atoms with Crippen molar-refractivity contribution in [1.29, 1.82) is 0 Å². The fraction of sp³-hybridized carbons (Fsp3) is 0.500. The average Bonchev–Trinajstić information content (AvgIpc) is 3.14. The van der Waals surface area contributed by atoms with Crippen molar-refractivity contribution in [3.05, 3.63) is 65.2 Å². The highest BCUT2D eigenvalue weighted by Gasteiger charge is 2.33. The maximum atomic E-state index is 13.2. The molecule has 0 spiro atoms. The van der Waals surface area contributed by atoms with Crippen LogP contribution in [0.3, 0.4) is 0 Å². The smallest absolute Gasteiger partial charge is 0.227 e. The van der Waals surface area contributed by atoms with E-state index in [2.05, 4.69) is 78.2 Å². The Balaban J connectivity index is 1.47. The molecule has 0 unspecified atom stereocenters. The number of carbonyl (C=O) groups excluding carboxylic acids is 1. The lowest BCUT2D eigenvalue weighted by molar-refractivity contribution is -0.131. The van der Waals surface area contributed by atoms with Gasteiger partial charge in [-0.3, -0.25) is 9.69 Å². The van der Waals surface area contributed by atoms with Gasteiger partial charge in [-0.1, -0.05) is 48.0 Å². The van der Waals surface area contributed by atoms with Gasteiger partial charge in [0, 0.05) is 37.8 Å². The number of likely N-dealkylation sites (N-methyl/N-ethyl adjacent to an activating group) is 1. The third-order valence-electron chi connectivity index (χ3n) is 6.49. The minimum Gasteiger partial charge on any atom is -0.492 e. The van der Waals surface area contributed by atoms with E-state index < -0.39 is 0 Å². The van der Waals surface area contributed by atoms with E-state index in [9.17, 15) is 4.79 Å². The zero-order valence-electron chi connectivity index (χ0n) is 19.1. The minimum absolute atomic E-state index is 0.252. The Morgan fingerprint density at radius 2 is 1.87 bits per heavy atom. The maximum absolute atomic E-state index is 13.2. The number of nitrogens with zero attached hydrogens (tertiary/aromatic N) is 3. The van der Waals surface area contributed by atoms with Crippen LogP contribution in [-0.2, 0) is 17.8 Å². The molecule has 2 atom stereocenters. The molecule has 0 aliphatic carbocycles. The van der Waals surface area contributed by atoms with Crippen molar-refractivity contribution in [3.63, 3.8) is 0 Å². The molecular formula is C26H35N3O2. The molecule has 5 heteroatoms. The predicted molar refractivity (Wildman–Crippen MR) is 124 cm³/mol. The Bertz CT molecular complexity index is 880. The summed E-state index contributed by atoms with van der Waals surface area (Å²) in [5, 5.41) is 0. The predicted octanol–water partition coefficient (Wildman–Crippen LogP) is 3.35. The van der Waals surface area contributed by atoms with E-state index in [1.807, 2.05) is 6.07 Å². The molecule has 1 saturated heterocycles. The van der Waals surface area contributed by atoms with Crippen molar-refractivity contribution in [2.45, 2.75) is 44.8 Å². The quantitative estimate of drug-likeness (QED) is 0.717. The molecule has 2 aliphatic heterocycles. The summed E-state index contributed by atoms with van der Waals surface area (Å²) in [6.45, 7) is 6.34. The Labute approximate surface area is 186 Å². The number of likely N-dealkylation sites (tertiary alicyclic amines) is 1. The first kappa shape index (κ1) is 21.8. The molecule has 166 valence electrons. The van der Waals surface area contributed by atoms with Gasteiger partial charge in [-0.2, -0.15) is 0 Å². The summed E-state index contributed by atoms with van der Waals surface area (Å²) >= 11 is 0. The summed E-state index contributed by atoms with van der Waals surface area (Å²) in [4.78, 5) is 20.0. The minimum atomic E-state index is 0.252. The normalized spacial score (nSPS) is 21.6. The summed E-state index contributed by atoms with van der Waals surface area (Å²) in [5.74, 6) is 1.24. The first-order chi connectivity index (χ1) is 15.0. The van der Waals surface area contributed by atoms with Gasteiger partial charge in [-0.25, -0.2) is 0 Å². The van der Waals surface area contributed by atoms with E-state index in [4.69, 9.17) is 4.74 Å². The van der Waals surface area contributed by atoms with Crippen LogP contribution in [0.15, 0.2) is 48.5 Å². The molecule has 2 aromatic rings. The average molecular weight is 422 g/mol. The Morgan fingerprint density at radius 3 is 2.65 bits per heavy atom. The standard InChI is InChI=1S/C26H35N3O2/c1-20-10-12-21(13-11-20)15-26(30)29-14-6-8-23(29)18-28-16-22-7-4-5-9-25(22)31-19-24(28)17-27(2)3/h4-5,7,9-13,23-24H,6,8,14-19H2,1-3H3/t23-,24+/m0/s1. The van der Waals surface area contributed by atoms with E-state index in [0.29, 0.717) is 19.1 Å². The first-order valence-electron chi connectivity index (χ1n) is 11.4. The fourth-order valence-electron chi connectivity index (χ4n) is 4.82. The van der Waals surface area contributed by atoms with E-state index in [1.165, 1.54) is 11.1 Å². The van der Waals surface area contributed by atoms with Crippen LogP contribution in [0.4, 0.5) is 0 Å². The molecule has 31 heavy (non-hydrogen) atoms. The monoisotopic (exact) mass is 421 g/mol. The third-order valence-corrected chi connectivity index (χ3v) is 6.49. The molecule has 0 bridgehead atoms. The lowest BCUT2D eigenvalue weighted by Crippen LogP contribution is -2.50. The van der Waals surface area contributed by atoms with Crippen molar-refractivity contribution < 1.29 is 9.53 Å². The van der Waals surface area contributed by atoms with Crippen molar-refractivity contribution in [3.8, 4) is 5.75 Å². The van der Waals surface area contributed by atoms with E-state index in [1.54, 1.807) is 0 Å². The van der Waals surface area contributed by atoms with Crippen molar-refractivity contribution in [1.82, 2.24) is 14.7 Å². The van der Waals surface area contributed by atoms with Crippen LogP contribution in [0, 0.1) is 6.92 Å². The van der Waals surface area contributed by atoms with Crippen molar-refractivity contribution >= 4 is 5.91 Å². The molecule has 2 heterocycles. The second-order valence-electron chi connectivity index (χ2n) is 9.31. The molecule has 5 nitrogen and oxygen atoms in total. The highest BCUT2D eigenvalue weighted by atomic mass is 16.5. The van der Waals surface area contributed by atoms with Crippen LogP contribution in [0.5, 0.6) is 5.75 Å². The number of benzene rings is 2. The van der Waals surface area contributed by atoms with Crippen LogP contribution >= 0.6 is 0 Å². The second kappa shape index (κ2) is 9.84. The van der Waals surface area contributed by atoms with Crippen LogP contribution in [-0.4, -0.2) is 73.0 Å². The van der Waals surface area contributed by atoms with Gasteiger partial charge in [0.1, 0.15) is 12.4 Å². The molecule has 2 aliphatic rings. The molecule has 4 rings (SSSR count). The second-order valence-corrected chi connectivity index (χ2v) is 9.31. The molecule has 0 saturated carbocycles. The molecule has 0 aromatic heterocycles. The van der Waals surface area contributed by atoms with Crippen LogP contribution in [0.1, 0.15) is 29.5 Å². The van der Waals surface area contributed by atoms with Gasteiger partial charge in [-0.15, -0.1) is 0 Å². The van der Waals surface area contributed by atoms with Gasteiger partial charge in [0.25, 0.3) is 0 Å². The number of ether oxygens (including phenoxy) is 1. The Morgan fingerprint density at radius 1 is 1.10 bits per heavy atom. The maximum Gasteiger partial charge on any atom is 0.227 e. The largest absolute Gasteiger partial charge is 0.492 e. The summed E-state index contributed by atoms with van der Waals surface area (Å²) in [6, 6.07) is 17.3. The van der Waals surface area contributed by atoms with Crippen LogP contribution < -0.4 is 4.74 Å². The first-order valence-corrected chi connectivity index (χ1v) is 11.4. The third kappa shape index (κ3) is 5.46. The van der Waals surface area contributed by atoms with E-state index in [0.717, 1.165) is 50.3 Å². The molecule has 0 radical (unpaired) electrons. The fourth-order valence-corrected chi connectivity index (χ4v) is 4.82. The Kier molecular flexibility index (Phi) is 6.93. The summed E-state index contributed by atoms with van der Waals surface area (Å²) in [6.07, 6.45) is 2.65.